The molecular formula is C15H24O2. The predicted octanol–water partition coefficient (Wildman–Crippen LogP) is 2.96. The minimum atomic E-state index is -0.0492. The van der Waals surface area contributed by atoms with Crippen LogP contribution in [0.1, 0.15) is 47.0 Å². The maximum absolute atomic E-state index is 12.4. The van der Waals surface area contributed by atoms with Crippen LogP contribution in [0, 0.1) is 22.7 Å². The number of rotatable bonds is 1. The summed E-state index contributed by atoms with van der Waals surface area (Å²) in [6.45, 7) is 8.76. The second-order valence-corrected chi connectivity index (χ2v) is 6.81. The second kappa shape index (κ2) is 3.94. The molecular weight excluding hydrogens is 212 g/mol. The van der Waals surface area contributed by atoms with E-state index in [9.17, 15) is 9.90 Å². The number of hydrogen-bond acceptors (Lipinski definition) is 2. The third kappa shape index (κ3) is 1.77. The van der Waals surface area contributed by atoms with Crippen molar-refractivity contribution in [1.82, 2.24) is 0 Å². The molecule has 0 bridgehead atoms. The Balaban J connectivity index is 2.51. The molecule has 1 N–H and O–H groups in total. The van der Waals surface area contributed by atoms with Gasteiger partial charge >= 0.3 is 0 Å². The summed E-state index contributed by atoms with van der Waals surface area (Å²) in [5.74, 6) is 0.508. The predicted molar refractivity (Wildman–Crippen MR) is 68.6 cm³/mol. The average molecular weight is 236 g/mol. The van der Waals surface area contributed by atoms with Gasteiger partial charge in [-0.1, -0.05) is 32.8 Å². The van der Waals surface area contributed by atoms with Gasteiger partial charge in [0.05, 0.1) is 6.61 Å². The van der Waals surface area contributed by atoms with Crippen LogP contribution in [0.15, 0.2) is 11.6 Å². The Kier molecular flexibility index (Phi) is 2.97. The first-order valence-corrected chi connectivity index (χ1v) is 6.66. The Morgan fingerprint density at radius 1 is 1.35 bits per heavy atom. The van der Waals surface area contributed by atoms with Crippen LogP contribution in [0.4, 0.5) is 0 Å². The van der Waals surface area contributed by atoms with E-state index in [0.717, 1.165) is 24.8 Å². The van der Waals surface area contributed by atoms with Gasteiger partial charge in [0.15, 0.2) is 5.78 Å². The quantitative estimate of drug-likeness (QED) is 0.760. The third-order valence-electron chi connectivity index (χ3n) is 5.16. The van der Waals surface area contributed by atoms with Crippen molar-refractivity contribution in [3.8, 4) is 0 Å². The number of ketones is 1. The molecule has 1 saturated carbocycles. The summed E-state index contributed by atoms with van der Waals surface area (Å²) in [5.41, 5.74) is 1.08. The van der Waals surface area contributed by atoms with Crippen LogP contribution in [0.2, 0.25) is 0 Å². The van der Waals surface area contributed by atoms with E-state index in [1.165, 1.54) is 0 Å². The molecule has 0 aromatic carbocycles. The van der Waals surface area contributed by atoms with Crippen molar-refractivity contribution in [1.29, 1.82) is 0 Å². The number of fused-ring (bicyclic) bond motifs is 1. The van der Waals surface area contributed by atoms with E-state index >= 15 is 0 Å². The van der Waals surface area contributed by atoms with Gasteiger partial charge in [-0.3, -0.25) is 4.79 Å². The fourth-order valence-corrected chi connectivity index (χ4v) is 4.47. The van der Waals surface area contributed by atoms with Crippen molar-refractivity contribution >= 4 is 5.78 Å². The lowest BCUT2D eigenvalue weighted by atomic mass is 9.48. The van der Waals surface area contributed by atoms with Crippen LogP contribution in [0.5, 0.6) is 0 Å². The maximum Gasteiger partial charge on any atom is 0.159 e. The fraction of sp³-hybridized carbons (Fsp3) is 0.800. The van der Waals surface area contributed by atoms with Gasteiger partial charge in [-0.2, -0.15) is 0 Å². The molecule has 2 aliphatic rings. The van der Waals surface area contributed by atoms with Gasteiger partial charge in [0, 0.05) is 11.8 Å². The topological polar surface area (TPSA) is 37.3 Å². The van der Waals surface area contributed by atoms with Gasteiger partial charge in [0.2, 0.25) is 0 Å². The van der Waals surface area contributed by atoms with Crippen molar-refractivity contribution in [2.45, 2.75) is 47.0 Å². The second-order valence-electron chi connectivity index (χ2n) is 6.81. The van der Waals surface area contributed by atoms with Crippen molar-refractivity contribution in [3.05, 3.63) is 11.6 Å². The molecule has 0 amide bonds. The standard InChI is InChI=1S/C15H24O2/c1-10-8-12(17)13-14(2,3)6-5-7-15(13,4)11(10)9-16/h8,11,13,16H,5-7,9H2,1-4H3/t11-,13+,15+/m0/s1. The molecule has 0 heterocycles. The van der Waals surface area contributed by atoms with E-state index in [0.29, 0.717) is 0 Å². The lowest BCUT2D eigenvalue weighted by Gasteiger charge is -2.55. The Bertz CT molecular complexity index is 367. The molecule has 2 heteroatoms. The van der Waals surface area contributed by atoms with E-state index in [1.807, 2.05) is 6.92 Å². The van der Waals surface area contributed by atoms with Gasteiger partial charge in [-0.15, -0.1) is 0 Å². The number of allylic oxidation sites excluding steroid dienone is 1. The first kappa shape index (κ1) is 12.8. The Labute approximate surface area is 104 Å². The van der Waals surface area contributed by atoms with Crippen molar-refractivity contribution in [3.63, 3.8) is 0 Å². The van der Waals surface area contributed by atoms with E-state index in [2.05, 4.69) is 20.8 Å². The largest absolute Gasteiger partial charge is 0.396 e. The van der Waals surface area contributed by atoms with Gasteiger partial charge in [-0.05, 0) is 36.7 Å². The number of aliphatic hydroxyl groups is 1. The molecule has 0 aromatic heterocycles. The molecule has 2 rings (SSSR count). The molecule has 2 nitrogen and oxygen atoms in total. The lowest BCUT2D eigenvalue weighted by molar-refractivity contribution is -0.137. The monoisotopic (exact) mass is 236 g/mol. The minimum absolute atomic E-state index is 0.0492. The van der Waals surface area contributed by atoms with Crippen molar-refractivity contribution < 1.29 is 9.90 Å². The zero-order valence-electron chi connectivity index (χ0n) is 11.4. The summed E-state index contributed by atoms with van der Waals surface area (Å²) in [7, 11) is 0. The van der Waals surface area contributed by atoms with Gasteiger partial charge in [0.1, 0.15) is 0 Å². The Hall–Kier alpha value is -0.630. The number of carbonyl (C=O) groups is 1. The van der Waals surface area contributed by atoms with Crippen LogP contribution in [-0.2, 0) is 4.79 Å². The summed E-state index contributed by atoms with van der Waals surface area (Å²) in [6, 6.07) is 0. The van der Waals surface area contributed by atoms with E-state index in [4.69, 9.17) is 0 Å². The highest BCUT2D eigenvalue weighted by atomic mass is 16.3. The van der Waals surface area contributed by atoms with Crippen LogP contribution < -0.4 is 0 Å². The zero-order valence-corrected chi connectivity index (χ0v) is 11.4. The van der Waals surface area contributed by atoms with Crippen LogP contribution in [0.25, 0.3) is 0 Å². The van der Waals surface area contributed by atoms with Gasteiger partial charge in [0.25, 0.3) is 0 Å². The molecule has 2 aliphatic carbocycles. The number of aliphatic hydroxyl groups excluding tert-OH is 1. The molecule has 96 valence electrons. The summed E-state index contributed by atoms with van der Waals surface area (Å²) in [5, 5.41) is 9.67. The molecule has 0 aliphatic heterocycles. The first-order chi connectivity index (χ1) is 7.83. The molecule has 3 atom stereocenters. The van der Waals surface area contributed by atoms with Gasteiger partial charge in [-0.25, -0.2) is 0 Å². The highest BCUT2D eigenvalue weighted by molar-refractivity contribution is 5.94. The summed E-state index contributed by atoms with van der Waals surface area (Å²) >= 11 is 0. The van der Waals surface area contributed by atoms with Gasteiger partial charge < -0.3 is 5.11 Å². The van der Waals surface area contributed by atoms with E-state index in [-0.39, 0.29) is 35.1 Å². The number of hydrogen-bond donors (Lipinski definition) is 1. The smallest absolute Gasteiger partial charge is 0.159 e. The van der Waals surface area contributed by atoms with Crippen LogP contribution in [-0.4, -0.2) is 17.5 Å². The molecule has 0 aromatic rings. The summed E-state index contributed by atoms with van der Waals surface area (Å²) in [4.78, 5) is 12.4. The molecule has 0 unspecified atom stereocenters. The van der Waals surface area contributed by atoms with E-state index in [1.54, 1.807) is 6.08 Å². The third-order valence-corrected chi connectivity index (χ3v) is 5.16. The van der Waals surface area contributed by atoms with E-state index < -0.39 is 0 Å². The SMILES string of the molecule is CC1=CC(=O)[C@@H]2C(C)(C)CCC[C@]2(C)[C@H]1CO. The van der Waals surface area contributed by atoms with Crippen molar-refractivity contribution in [2.75, 3.05) is 6.61 Å². The highest BCUT2D eigenvalue weighted by Gasteiger charge is 2.55. The van der Waals surface area contributed by atoms with Crippen LogP contribution >= 0.6 is 0 Å². The van der Waals surface area contributed by atoms with Crippen molar-refractivity contribution in [2.24, 2.45) is 22.7 Å². The zero-order chi connectivity index (χ0) is 12.8. The highest BCUT2D eigenvalue weighted by Crippen LogP contribution is 2.58. The Morgan fingerprint density at radius 2 is 2.00 bits per heavy atom. The molecule has 0 saturated heterocycles. The normalized spacial score (nSPS) is 40.8. The minimum Gasteiger partial charge on any atom is -0.396 e. The first-order valence-electron chi connectivity index (χ1n) is 6.66. The number of carbonyl (C=O) groups excluding carboxylic acids is 1. The molecule has 17 heavy (non-hydrogen) atoms. The Morgan fingerprint density at radius 3 is 2.59 bits per heavy atom. The fourth-order valence-electron chi connectivity index (χ4n) is 4.47. The molecule has 0 radical (unpaired) electrons. The summed E-state index contributed by atoms with van der Waals surface area (Å²) in [6.07, 6.45) is 5.12. The lowest BCUT2D eigenvalue weighted by Crippen LogP contribution is -2.53. The maximum atomic E-state index is 12.4. The average Bonchev–Trinajstić information content (AvgIpc) is 2.14. The van der Waals surface area contributed by atoms with Crippen LogP contribution in [0.3, 0.4) is 0 Å². The summed E-state index contributed by atoms with van der Waals surface area (Å²) < 4.78 is 0. The molecule has 1 fully saturated rings. The molecule has 0 spiro atoms.